The average molecular weight is 360 g/mol. The van der Waals surface area contributed by atoms with Gasteiger partial charge >= 0.3 is 5.97 Å². The third-order valence-corrected chi connectivity index (χ3v) is 6.20. The van der Waals surface area contributed by atoms with E-state index in [4.69, 9.17) is 4.74 Å². The minimum absolute atomic E-state index is 0.0130. The maximum Gasteiger partial charge on any atom is 0.312 e. The summed E-state index contributed by atoms with van der Waals surface area (Å²) >= 11 is 0. The highest BCUT2D eigenvalue weighted by Gasteiger charge is 2.51. The van der Waals surface area contributed by atoms with Crippen LogP contribution in [0.3, 0.4) is 0 Å². The van der Waals surface area contributed by atoms with Crippen LogP contribution < -0.4 is 0 Å². The second-order valence-electron chi connectivity index (χ2n) is 8.11. The van der Waals surface area contributed by atoms with E-state index in [0.717, 1.165) is 37.6 Å². The van der Waals surface area contributed by atoms with Gasteiger partial charge in [-0.3, -0.25) is 14.5 Å². The Balaban J connectivity index is 1.37. The van der Waals surface area contributed by atoms with Crippen molar-refractivity contribution in [1.82, 2.24) is 19.8 Å². The second kappa shape index (κ2) is 6.68. The van der Waals surface area contributed by atoms with Crippen LogP contribution in [0.4, 0.5) is 0 Å². The number of aromatic nitrogens is 2. The predicted octanol–water partition coefficient (Wildman–Crippen LogP) is 1.66. The smallest absolute Gasteiger partial charge is 0.312 e. The van der Waals surface area contributed by atoms with E-state index in [1.807, 2.05) is 18.7 Å². The van der Waals surface area contributed by atoms with Crippen molar-refractivity contribution in [3.05, 3.63) is 17.2 Å². The zero-order chi connectivity index (χ0) is 18.3. The SMILES string of the molecule is Cc1nc(C(=O)N2CCC3(CC2)CC(CN2CCCC2)OC3=O)c(C)[nH]1. The van der Waals surface area contributed by atoms with Crippen LogP contribution in [0.25, 0.3) is 0 Å². The van der Waals surface area contributed by atoms with E-state index >= 15 is 0 Å². The quantitative estimate of drug-likeness (QED) is 0.830. The summed E-state index contributed by atoms with van der Waals surface area (Å²) in [5, 5.41) is 0. The van der Waals surface area contributed by atoms with Crippen molar-refractivity contribution in [3.8, 4) is 0 Å². The molecule has 0 radical (unpaired) electrons. The molecule has 1 aromatic heterocycles. The summed E-state index contributed by atoms with van der Waals surface area (Å²) in [6.45, 7) is 8.00. The van der Waals surface area contributed by atoms with Gasteiger partial charge < -0.3 is 14.6 Å². The van der Waals surface area contributed by atoms with Crippen LogP contribution in [0, 0.1) is 19.3 Å². The Labute approximate surface area is 154 Å². The molecule has 0 aromatic carbocycles. The predicted molar refractivity (Wildman–Crippen MR) is 95.8 cm³/mol. The lowest BCUT2D eigenvalue weighted by molar-refractivity contribution is -0.150. The zero-order valence-corrected chi connectivity index (χ0v) is 15.7. The molecule has 1 unspecified atom stereocenters. The van der Waals surface area contributed by atoms with Crippen molar-refractivity contribution in [3.63, 3.8) is 0 Å². The zero-order valence-electron chi connectivity index (χ0n) is 15.7. The largest absolute Gasteiger partial charge is 0.461 e. The number of carbonyl (C=O) groups is 2. The lowest BCUT2D eigenvalue weighted by Crippen LogP contribution is -2.45. The highest BCUT2D eigenvalue weighted by atomic mass is 16.6. The number of nitrogens with one attached hydrogen (secondary N) is 1. The number of imidazole rings is 1. The number of carbonyl (C=O) groups excluding carboxylic acids is 2. The average Bonchev–Trinajstić information content (AvgIpc) is 3.30. The summed E-state index contributed by atoms with van der Waals surface area (Å²) in [6, 6.07) is 0. The molecule has 1 atom stereocenters. The molecule has 1 N–H and O–H groups in total. The standard InChI is InChI=1S/C19H28N4O3/c1-13-16(21-14(2)20-13)17(24)23-9-5-19(6-10-23)11-15(26-18(19)25)12-22-7-3-4-8-22/h15H,3-12H2,1-2H3,(H,20,21). The molecule has 1 amide bonds. The number of amides is 1. The number of piperidine rings is 1. The van der Waals surface area contributed by atoms with Crippen LogP contribution in [0.2, 0.25) is 0 Å². The number of ether oxygens (including phenoxy) is 1. The fraction of sp³-hybridized carbons (Fsp3) is 0.737. The molecule has 4 heterocycles. The summed E-state index contributed by atoms with van der Waals surface area (Å²) < 4.78 is 5.72. The minimum atomic E-state index is -0.391. The Morgan fingerprint density at radius 1 is 1.23 bits per heavy atom. The molecule has 1 aromatic rings. The van der Waals surface area contributed by atoms with Crippen LogP contribution >= 0.6 is 0 Å². The number of aryl methyl sites for hydroxylation is 2. The molecule has 0 saturated carbocycles. The first-order valence-electron chi connectivity index (χ1n) is 9.73. The molecular formula is C19H28N4O3. The van der Waals surface area contributed by atoms with E-state index in [9.17, 15) is 9.59 Å². The molecule has 26 heavy (non-hydrogen) atoms. The van der Waals surface area contributed by atoms with Gasteiger partial charge in [0.05, 0.1) is 5.41 Å². The minimum Gasteiger partial charge on any atom is -0.461 e. The van der Waals surface area contributed by atoms with Crippen LogP contribution in [-0.4, -0.2) is 70.5 Å². The fourth-order valence-electron chi connectivity index (χ4n) is 4.71. The molecule has 3 fully saturated rings. The molecular weight excluding hydrogens is 332 g/mol. The molecule has 4 rings (SSSR count). The van der Waals surface area contributed by atoms with Gasteiger partial charge in [0.2, 0.25) is 0 Å². The van der Waals surface area contributed by atoms with Crippen LogP contribution in [0.5, 0.6) is 0 Å². The molecule has 3 aliphatic rings. The fourth-order valence-corrected chi connectivity index (χ4v) is 4.71. The van der Waals surface area contributed by atoms with Crippen molar-refractivity contribution in [2.45, 2.75) is 52.1 Å². The maximum absolute atomic E-state index is 12.7. The summed E-state index contributed by atoms with van der Waals surface area (Å²) in [7, 11) is 0. The van der Waals surface area contributed by atoms with Crippen LogP contribution in [-0.2, 0) is 9.53 Å². The molecule has 142 valence electrons. The van der Waals surface area contributed by atoms with E-state index in [-0.39, 0.29) is 18.0 Å². The molecule has 3 saturated heterocycles. The van der Waals surface area contributed by atoms with Crippen molar-refractivity contribution in [2.24, 2.45) is 5.41 Å². The molecule has 7 heteroatoms. The van der Waals surface area contributed by atoms with Gasteiger partial charge in [0, 0.05) is 31.7 Å². The maximum atomic E-state index is 12.7. The Morgan fingerprint density at radius 3 is 2.54 bits per heavy atom. The first kappa shape index (κ1) is 17.5. The number of likely N-dealkylation sites (tertiary alicyclic amines) is 2. The molecule has 0 bridgehead atoms. The first-order chi connectivity index (χ1) is 12.5. The number of rotatable bonds is 3. The van der Waals surface area contributed by atoms with E-state index in [1.54, 1.807) is 0 Å². The molecule has 7 nitrogen and oxygen atoms in total. The lowest BCUT2D eigenvalue weighted by Gasteiger charge is -2.36. The Hall–Kier alpha value is -1.89. The van der Waals surface area contributed by atoms with E-state index in [0.29, 0.717) is 31.6 Å². The third kappa shape index (κ3) is 3.13. The summed E-state index contributed by atoms with van der Waals surface area (Å²) in [5.74, 6) is 0.658. The summed E-state index contributed by atoms with van der Waals surface area (Å²) in [4.78, 5) is 36.9. The number of cyclic esters (lactones) is 1. The topological polar surface area (TPSA) is 78.5 Å². The van der Waals surface area contributed by atoms with Gasteiger partial charge in [0.25, 0.3) is 5.91 Å². The summed E-state index contributed by atoms with van der Waals surface area (Å²) in [6.07, 6.45) is 4.68. The van der Waals surface area contributed by atoms with E-state index in [2.05, 4.69) is 14.9 Å². The van der Waals surface area contributed by atoms with Crippen molar-refractivity contribution >= 4 is 11.9 Å². The normalized spacial score (nSPS) is 25.8. The van der Waals surface area contributed by atoms with Crippen molar-refractivity contribution in [1.29, 1.82) is 0 Å². The van der Waals surface area contributed by atoms with Crippen LogP contribution in [0.1, 0.15) is 54.1 Å². The Bertz CT molecular complexity index is 700. The Morgan fingerprint density at radius 2 is 1.92 bits per heavy atom. The number of H-pyrrole nitrogens is 1. The molecule has 3 aliphatic heterocycles. The van der Waals surface area contributed by atoms with Gasteiger partial charge in [-0.15, -0.1) is 0 Å². The number of hydrogen-bond donors (Lipinski definition) is 1. The number of esters is 1. The second-order valence-corrected chi connectivity index (χ2v) is 8.11. The van der Waals surface area contributed by atoms with E-state index < -0.39 is 5.41 Å². The van der Waals surface area contributed by atoms with Gasteiger partial charge in [0.1, 0.15) is 17.6 Å². The number of aromatic amines is 1. The van der Waals surface area contributed by atoms with Gasteiger partial charge in [0.15, 0.2) is 0 Å². The van der Waals surface area contributed by atoms with Crippen molar-refractivity contribution in [2.75, 3.05) is 32.7 Å². The lowest BCUT2D eigenvalue weighted by atomic mass is 9.76. The van der Waals surface area contributed by atoms with Crippen molar-refractivity contribution < 1.29 is 14.3 Å². The number of nitrogens with zero attached hydrogens (tertiary/aromatic N) is 3. The molecule has 1 spiro atoms. The first-order valence-corrected chi connectivity index (χ1v) is 9.73. The highest BCUT2D eigenvalue weighted by molar-refractivity contribution is 5.93. The molecule has 0 aliphatic carbocycles. The number of hydrogen-bond acceptors (Lipinski definition) is 5. The van der Waals surface area contributed by atoms with Gasteiger partial charge in [-0.25, -0.2) is 4.98 Å². The van der Waals surface area contributed by atoms with Gasteiger partial charge in [-0.1, -0.05) is 0 Å². The third-order valence-electron chi connectivity index (χ3n) is 6.20. The highest BCUT2D eigenvalue weighted by Crippen LogP contribution is 2.43. The van der Waals surface area contributed by atoms with Crippen LogP contribution in [0.15, 0.2) is 0 Å². The summed E-state index contributed by atoms with van der Waals surface area (Å²) in [5.41, 5.74) is 0.913. The van der Waals surface area contributed by atoms with Gasteiger partial charge in [-0.05, 0) is 52.6 Å². The van der Waals surface area contributed by atoms with E-state index in [1.165, 1.54) is 12.8 Å². The monoisotopic (exact) mass is 360 g/mol. The van der Waals surface area contributed by atoms with Gasteiger partial charge in [-0.2, -0.15) is 0 Å². The Kier molecular flexibility index (Phi) is 4.50.